The Morgan fingerprint density at radius 2 is 0.902 bits per heavy atom. The molecule has 0 aliphatic carbocycles. The molecule has 0 heterocycles. The molecule has 1 amide bonds. The highest BCUT2D eigenvalue weighted by atomic mass is 32.2. The van der Waals surface area contributed by atoms with E-state index in [1.807, 2.05) is 6.08 Å². The van der Waals surface area contributed by atoms with Gasteiger partial charge in [0.05, 0.1) is 17.9 Å². The van der Waals surface area contributed by atoms with Gasteiger partial charge in [-0.25, -0.2) is 0 Å². The third kappa shape index (κ3) is 39.1. The minimum Gasteiger partial charge on any atom is -0.387 e. The van der Waals surface area contributed by atoms with Gasteiger partial charge in [-0.2, -0.15) is 8.42 Å². The molecule has 2 unspecified atom stereocenters. The normalized spacial score (nSPS) is 13.9. The molecule has 0 aliphatic rings. The molecule has 0 aromatic heterocycles. The van der Waals surface area contributed by atoms with E-state index in [1.165, 1.54) is 115 Å². The molecule has 0 saturated carbocycles. The standard InChI is InChI=1S/C44H79NO5S/c1-3-5-7-9-11-13-15-17-19-21-22-24-26-28-30-32-34-36-38-40-44(47)45-42(41-51(48,49)50)43(46)39-37-35-33-31-29-27-25-23-20-18-16-14-12-10-8-6-4-2/h11,13,17,19,22,24,29,31,37,39,42-43,46H,3-10,12,14-16,18,20-21,23,25-28,30,32-36,38,40-41H2,1-2H3,(H,45,47)(H,48,49,50)/b13-11-,19-17-,24-22-,31-29+,39-37+. The van der Waals surface area contributed by atoms with E-state index in [1.54, 1.807) is 0 Å². The zero-order valence-electron chi connectivity index (χ0n) is 33.0. The monoisotopic (exact) mass is 734 g/mol. The van der Waals surface area contributed by atoms with Crippen LogP contribution in [0, 0.1) is 0 Å². The van der Waals surface area contributed by atoms with E-state index in [9.17, 15) is 22.9 Å². The molecule has 3 N–H and O–H groups in total. The lowest BCUT2D eigenvalue weighted by atomic mass is 10.1. The summed E-state index contributed by atoms with van der Waals surface area (Å²) in [5, 5.41) is 13.2. The lowest BCUT2D eigenvalue weighted by molar-refractivity contribution is -0.122. The van der Waals surface area contributed by atoms with E-state index in [4.69, 9.17) is 0 Å². The molecule has 0 aromatic carbocycles. The van der Waals surface area contributed by atoms with E-state index in [0.29, 0.717) is 12.8 Å². The van der Waals surface area contributed by atoms with Crippen molar-refractivity contribution in [1.82, 2.24) is 5.32 Å². The molecule has 6 nitrogen and oxygen atoms in total. The molecule has 0 radical (unpaired) electrons. The van der Waals surface area contributed by atoms with Crippen LogP contribution in [0.4, 0.5) is 0 Å². The molecule has 0 aliphatic heterocycles. The van der Waals surface area contributed by atoms with Gasteiger partial charge in [0.25, 0.3) is 10.1 Å². The van der Waals surface area contributed by atoms with Crippen molar-refractivity contribution in [2.45, 2.75) is 206 Å². The van der Waals surface area contributed by atoms with Crippen LogP contribution in [0.1, 0.15) is 194 Å². The fourth-order valence-electron chi connectivity index (χ4n) is 6.00. The van der Waals surface area contributed by atoms with Crippen LogP contribution >= 0.6 is 0 Å². The quantitative estimate of drug-likeness (QED) is 0.0335. The van der Waals surface area contributed by atoms with Crippen LogP contribution in [0.3, 0.4) is 0 Å². The van der Waals surface area contributed by atoms with Crippen molar-refractivity contribution in [1.29, 1.82) is 0 Å². The highest BCUT2D eigenvalue weighted by Crippen LogP contribution is 2.13. The highest BCUT2D eigenvalue weighted by Gasteiger charge is 2.24. The maximum atomic E-state index is 12.5. The first kappa shape index (κ1) is 49.0. The summed E-state index contributed by atoms with van der Waals surface area (Å²) in [4.78, 5) is 12.5. The van der Waals surface area contributed by atoms with Crippen LogP contribution in [-0.2, 0) is 14.9 Å². The molecular formula is C44H79NO5S. The number of hydrogen-bond acceptors (Lipinski definition) is 4. The Kier molecular flexibility index (Phi) is 36.3. The molecule has 7 heteroatoms. The maximum absolute atomic E-state index is 12.5. The van der Waals surface area contributed by atoms with E-state index in [0.717, 1.165) is 51.4 Å². The molecule has 0 fully saturated rings. The van der Waals surface area contributed by atoms with E-state index in [2.05, 4.69) is 67.8 Å². The molecule has 0 spiro atoms. The van der Waals surface area contributed by atoms with Crippen LogP contribution in [0.2, 0.25) is 0 Å². The van der Waals surface area contributed by atoms with Gasteiger partial charge in [-0.15, -0.1) is 0 Å². The second-order valence-electron chi connectivity index (χ2n) is 14.3. The number of aliphatic hydroxyl groups excluding tert-OH is 1. The molecule has 296 valence electrons. The second kappa shape index (κ2) is 37.8. The average molecular weight is 734 g/mol. The van der Waals surface area contributed by atoms with E-state index >= 15 is 0 Å². The number of aliphatic hydroxyl groups is 1. The first-order valence-electron chi connectivity index (χ1n) is 21.0. The number of carbonyl (C=O) groups excluding carboxylic acids is 1. The highest BCUT2D eigenvalue weighted by molar-refractivity contribution is 7.85. The topological polar surface area (TPSA) is 104 Å². The fourth-order valence-corrected chi connectivity index (χ4v) is 6.73. The van der Waals surface area contributed by atoms with Crippen LogP contribution < -0.4 is 5.32 Å². The van der Waals surface area contributed by atoms with Crippen molar-refractivity contribution in [2.75, 3.05) is 5.75 Å². The minimum atomic E-state index is -4.36. The predicted octanol–water partition coefficient (Wildman–Crippen LogP) is 12.5. The van der Waals surface area contributed by atoms with Gasteiger partial charge < -0.3 is 10.4 Å². The zero-order chi connectivity index (χ0) is 37.5. The summed E-state index contributed by atoms with van der Waals surface area (Å²) in [6.07, 6.45) is 52.0. The van der Waals surface area contributed by atoms with Crippen LogP contribution in [0.5, 0.6) is 0 Å². The van der Waals surface area contributed by atoms with Crippen LogP contribution in [0.15, 0.2) is 60.8 Å². The number of amides is 1. The molecule has 0 aromatic rings. The molecule has 2 atom stereocenters. The Morgan fingerprint density at radius 3 is 1.41 bits per heavy atom. The SMILES string of the molecule is CCCCC/C=C\C/C=C\C/C=C\CCCCCCCCC(=O)NC(CS(=O)(=O)O)C(O)/C=C/CC/C=C/CCCCCCCCCCCCC. The Bertz CT molecular complexity index is 1030. The summed E-state index contributed by atoms with van der Waals surface area (Å²) in [6.45, 7) is 4.49. The summed E-state index contributed by atoms with van der Waals surface area (Å²) < 4.78 is 32.5. The Balaban J connectivity index is 4.00. The minimum absolute atomic E-state index is 0.271. The summed E-state index contributed by atoms with van der Waals surface area (Å²) in [5.74, 6) is -1.02. The second-order valence-corrected chi connectivity index (χ2v) is 15.8. The Morgan fingerprint density at radius 1 is 0.529 bits per heavy atom. The maximum Gasteiger partial charge on any atom is 0.267 e. The third-order valence-corrected chi connectivity index (χ3v) is 9.95. The molecular weight excluding hydrogens is 655 g/mol. The largest absolute Gasteiger partial charge is 0.387 e. The van der Waals surface area contributed by atoms with Gasteiger partial charge in [0.1, 0.15) is 0 Å². The number of unbranched alkanes of at least 4 members (excludes halogenated alkanes) is 21. The lowest BCUT2D eigenvalue weighted by Gasteiger charge is -2.21. The molecule has 0 saturated heterocycles. The molecule has 0 rings (SSSR count). The first-order valence-corrected chi connectivity index (χ1v) is 22.6. The van der Waals surface area contributed by atoms with Gasteiger partial charge in [-0.3, -0.25) is 9.35 Å². The summed E-state index contributed by atoms with van der Waals surface area (Å²) in [7, 11) is -4.36. The van der Waals surface area contributed by atoms with Gasteiger partial charge in [0.15, 0.2) is 0 Å². The zero-order valence-corrected chi connectivity index (χ0v) is 33.8. The number of carbonyl (C=O) groups is 1. The van der Waals surface area contributed by atoms with E-state index in [-0.39, 0.29) is 12.3 Å². The van der Waals surface area contributed by atoms with Crippen molar-refractivity contribution in [3.63, 3.8) is 0 Å². The van der Waals surface area contributed by atoms with Gasteiger partial charge in [0, 0.05) is 6.42 Å². The van der Waals surface area contributed by atoms with Crippen molar-refractivity contribution < 1.29 is 22.9 Å². The Labute approximate surface area is 315 Å². The third-order valence-electron chi connectivity index (χ3n) is 9.17. The van der Waals surface area contributed by atoms with Gasteiger partial charge in [-0.1, -0.05) is 177 Å². The van der Waals surface area contributed by atoms with Gasteiger partial charge in [-0.05, 0) is 70.6 Å². The lowest BCUT2D eigenvalue weighted by Crippen LogP contribution is -2.46. The van der Waals surface area contributed by atoms with Crippen molar-refractivity contribution in [3.05, 3.63) is 60.8 Å². The fraction of sp³-hybridized carbons (Fsp3) is 0.750. The summed E-state index contributed by atoms with van der Waals surface area (Å²) in [6, 6.07) is -1.08. The Hall–Kier alpha value is -1.96. The van der Waals surface area contributed by atoms with Crippen molar-refractivity contribution in [2.24, 2.45) is 0 Å². The van der Waals surface area contributed by atoms with Crippen molar-refractivity contribution in [3.8, 4) is 0 Å². The number of nitrogens with one attached hydrogen (secondary N) is 1. The summed E-state index contributed by atoms with van der Waals surface area (Å²) >= 11 is 0. The molecule has 51 heavy (non-hydrogen) atoms. The predicted molar refractivity (Wildman–Crippen MR) is 221 cm³/mol. The van der Waals surface area contributed by atoms with Crippen LogP contribution in [-0.4, -0.2) is 41.9 Å². The number of allylic oxidation sites excluding steroid dienone is 9. The van der Waals surface area contributed by atoms with Gasteiger partial charge >= 0.3 is 0 Å². The molecule has 0 bridgehead atoms. The first-order chi connectivity index (χ1) is 24.8. The smallest absolute Gasteiger partial charge is 0.267 e. The van der Waals surface area contributed by atoms with Crippen molar-refractivity contribution >= 4 is 16.0 Å². The van der Waals surface area contributed by atoms with Crippen LogP contribution in [0.25, 0.3) is 0 Å². The van der Waals surface area contributed by atoms with E-state index < -0.39 is 28.0 Å². The average Bonchev–Trinajstić information content (AvgIpc) is 3.09. The van der Waals surface area contributed by atoms with Gasteiger partial charge in [0.2, 0.25) is 5.91 Å². The number of hydrogen-bond donors (Lipinski definition) is 3. The summed E-state index contributed by atoms with van der Waals surface area (Å²) in [5.41, 5.74) is 0. The number of rotatable bonds is 37.